The number of aryl methyl sites for hydroxylation is 1. The maximum absolute atomic E-state index is 5.60. The highest BCUT2D eigenvalue weighted by molar-refractivity contribution is 5.42. The van der Waals surface area contributed by atoms with E-state index < -0.39 is 0 Å². The molecule has 5 heteroatoms. The summed E-state index contributed by atoms with van der Waals surface area (Å²) in [7, 11) is 0. The van der Waals surface area contributed by atoms with E-state index in [9.17, 15) is 0 Å². The van der Waals surface area contributed by atoms with Gasteiger partial charge in [0, 0.05) is 0 Å². The van der Waals surface area contributed by atoms with Crippen molar-refractivity contribution in [2.45, 2.75) is 32.7 Å². The van der Waals surface area contributed by atoms with Crippen LogP contribution in [0.1, 0.15) is 30.4 Å². The number of hydrogen-bond acceptors (Lipinski definition) is 4. The largest absolute Gasteiger partial charge is 0.324 e. The number of nitrogens with two attached hydrogens (primary N) is 1. The van der Waals surface area contributed by atoms with E-state index in [1.165, 1.54) is 17.7 Å². The first-order valence-corrected chi connectivity index (χ1v) is 5.71. The Kier molecular flexibility index (Phi) is 2.14. The van der Waals surface area contributed by atoms with Crippen molar-refractivity contribution >= 4 is 5.65 Å². The first-order chi connectivity index (χ1) is 7.78. The van der Waals surface area contributed by atoms with E-state index in [1.807, 2.05) is 0 Å². The minimum Gasteiger partial charge on any atom is -0.324 e. The van der Waals surface area contributed by atoms with Crippen molar-refractivity contribution in [1.82, 2.24) is 19.8 Å². The van der Waals surface area contributed by atoms with E-state index in [4.69, 9.17) is 5.73 Å². The Balaban J connectivity index is 2.17. The maximum atomic E-state index is 5.60. The summed E-state index contributed by atoms with van der Waals surface area (Å²) in [5.41, 5.74) is 8.91. The molecule has 0 fully saturated rings. The quantitative estimate of drug-likeness (QED) is 0.763. The molecular weight excluding hydrogens is 202 g/mol. The van der Waals surface area contributed by atoms with Gasteiger partial charge in [-0.1, -0.05) is 6.92 Å². The number of hydrogen-bond donors (Lipinski definition) is 1. The van der Waals surface area contributed by atoms with Crippen LogP contribution in [-0.4, -0.2) is 19.8 Å². The lowest BCUT2D eigenvalue weighted by molar-refractivity contribution is 0.488. The molecule has 2 N–H and O–H groups in total. The predicted molar refractivity (Wildman–Crippen MR) is 59.9 cm³/mol. The topological polar surface area (TPSA) is 69.1 Å². The maximum Gasteiger partial charge on any atom is 0.178 e. The van der Waals surface area contributed by atoms with Gasteiger partial charge in [0.15, 0.2) is 11.5 Å². The molecule has 1 atom stereocenters. The van der Waals surface area contributed by atoms with Gasteiger partial charge in [-0.05, 0) is 36.8 Å². The SMILES string of the molecule is C[C@@H]1CCc2nn3c(CN)nnc3cc2C1. The molecule has 1 aliphatic rings. The van der Waals surface area contributed by atoms with Gasteiger partial charge in [0.05, 0.1) is 12.2 Å². The Morgan fingerprint density at radius 1 is 1.50 bits per heavy atom. The summed E-state index contributed by atoms with van der Waals surface area (Å²) in [5, 5.41) is 12.7. The van der Waals surface area contributed by atoms with Crippen molar-refractivity contribution < 1.29 is 0 Å². The van der Waals surface area contributed by atoms with Crippen molar-refractivity contribution in [3.05, 3.63) is 23.1 Å². The zero-order valence-electron chi connectivity index (χ0n) is 9.35. The Hall–Kier alpha value is -1.49. The minimum atomic E-state index is 0.378. The highest BCUT2D eigenvalue weighted by Gasteiger charge is 2.18. The highest BCUT2D eigenvalue weighted by Crippen LogP contribution is 2.24. The molecule has 1 aliphatic carbocycles. The molecule has 2 heterocycles. The second kappa shape index (κ2) is 3.52. The van der Waals surface area contributed by atoms with Crippen LogP contribution < -0.4 is 5.73 Å². The molecule has 0 spiro atoms. The van der Waals surface area contributed by atoms with E-state index in [0.29, 0.717) is 6.54 Å². The van der Waals surface area contributed by atoms with Crippen molar-refractivity contribution in [3.8, 4) is 0 Å². The minimum absolute atomic E-state index is 0.378. The van der Waals surface area contributed by atoms with Gasteiger partial charge in [-0.15, -0.1) is 10.2 Å². The molecule has 0 radical (unpaired) electrons. The van der Waals surface area contributed by atoms with Crippen molar-refractivity contribution in [1.29, 1.82) is 0 Å². The van der Waals surface area contributed by atoms with Gasteiger partial charge in [0.2, 0.25) is 0 Å². The van der Waals surface area contributed by atoms with Gasteiger partial charge in [-0.2, -0.15) is 9.61 Å². The smallest absolute Gasteiger partial charge is 0.178 e. The molecule has 3 rings (SSSR count). The summed E-state index contributed by atoms with van der Waals surface area (Å²) in [6, 6.07) is 2.10. The first kappa shape index (κ1) is 9.72. The standard InChI is InChI=1S/C11H15N5/c1-7-2-3-9-8(4-7)5-10-13-14-11(6-12)16(10)15-9/h5,7H,2-4,6,12H2,1H3/t7-/m1/s1. The summed E-state index contributed by atoms with van der Waals surface area (Å²) < 4.78 is 1.77. The molecule has 0 aromatic carbocycles. The summed E-state index contributed by atoms with van der Waals surface area (Å²) in [6.45, 7) is 2.66. The lowest BCUT2D eigenvalue weighted by Crippen LogP contribution is -2.16. The van der Waals surface area contributed by atoms with Gasteiger partial charge in [0.1, 0.15) is 0 Å². The molecule has 2 aromatic heterocycles. The summed E-state index contributed by atoms with van der Waals surface area (Å²) in [6.07, 6.45) is 3.36. The van der Waals surface area contributed by atoms with Crippen LogP contribution in [0.5, 0.6) is 0 Å². The van der Waals surface area contributed by atoms with Crippen LogP contribution in [0.4, 0.5) is 0 Å². The molecule has 2 aromatic rings. The highest BCUT2D eigenvalue weighted by atomic mass is 15.4. The zero-order valence-corrected chi connectivity index (χ0v) is 9.35. The third-order valence-electron chi connectivity index (χ3n) is 3.25. The van der Waals surface area contributed by atoms with E-state index >= 15 is 0 Å². The van der Waals surface area contributed by atoms with E-state index in [2.05, 4.69) is 28.3 Å². The van der Waals surface area contributed by atoms with Gasteiger partial charge in [-0.25, -0.2) is 0 Å². The van der Waals surface area contributed by atoms with E-state index in [1.54, 1.807) is 4.52 Å². The van der Waals surface area contributed by atoms with Gasteiger partial charge < -0.3 is 5.73 Å². The average Bonchev–Trinajstić information content (AvgIpc) is 2.68. The Morgan fingerprint density at radius 2 is 2.38 bits per heavy atom. The second-order valence-corrected chi connectivity index (χ2v) is 4.55. The molecular formula is C11H15N5. The first-order valence-electron chi connectivity index (χ1n) is 5.71. The fraction of sp³-hybridized carbons (Fsp3) is 0.545. The van der Waals surface area contributed by atoms with Crippen LogP contribution in [0.25, 0.3) is 5.65 Å². The van der Waals surface area contributed by atoms with Crippen LogP contribution in [0.3, 0.4) is 0 Å². The molecule has 0 saturated carbocycles. The van der Waals surface area contributed by atoms with Gasteiger partial charge in [0.25, 0.3) is 0 Å². The van der Waals surface area contributed by atoms with Gasteiger partial charge >= 0.3 is 0 Å². The van der Waals surface area contributed by atoms with Crippen molar-refractivity contribution in [3.63, 3.8) is 0 Å². The lowest BCUT2D eigenvalue weighted by atomic mass is 9.88. The van der Waals surface area contributed by atoms with Crippen LogP contribution >= 0.6 is 0 Å². The van der Waals surface area contributed by atoms with Crippen molar-refractivity contribution in [2.75, 3.05) is 0 Å². The normalized spacial score (nSPS) is 20.0. The summed E-state index contributed by atoms with van der Waals surface area (Å²) in [5.74, 6) is 1.48. The van der Waals surface area contributed by atoms with Crippen molar-refractivity contribution in [2.24, 2.45) is 11.7 Å². The molecule has 0 amide bonds. The number of aromatic nitrogens is 4. The monoisotopic (exact) mass is 217 g/mol. The summed E-state index contributed by atoms with van der Waals surface area (Å²) in [4.78, 5) is 0. The van der Waals surface area contributed by atoms with Crippen LogP contribution in [0.2, 0.25) is 0 Å². The zero-order chi connectivity index (χ0) is 11.1. The fourth-order valence-electron chi connectivity index (χ4n) is 2.32. The molecule has 84 valence electrons. The Labute approximate surface area is 93.7 Å². The molecule has 0 unspecified atom stereocenters. The molecule has 5 nitrogen and oxygen atoms in total. The Bertz CT molecular complexity index is 530. The van der Waals surface area contributed by atoms with Crippen LogP contribution in [-0.2, 0) is 19.4 Å². The second-order valence-electron chi connectivity index (χ2n) is 4.55. The van der Waals surface area contributed by atoms with Gasteiger partial charge in [-0.3, -0.25) is 0 Å². The molecule has 0 saturated heterocycles. The third kappa shape index (κ3) is 1.39. The third-order valence-corrected chi connectivity index (χ3v) is 3.25. The Morgan fingerprint density at radius 3 is 3.19 bits per heavy atom. The number of rotatable bonds is 1. The summed E-state index contributed by atoms with van der Waals surface area (Å²) >= 11 is 0. The lowest BCUT2D eigenvalue weighted by Gasteiger charge is -2.20. The van der Waals surface area contributed by atoms with E-state index in [0.717, 1.165) is 30.2 Å². The van der Waals surface area contributed by atoms with E-state index in [-0.39, 0.29) is 0 Å². The number of nitrogens with zero attached hydrogens (tertiary/aromatic N) is 4. The number of fused-ring (bicyclic) bond motifs is 2. The molecule has 16 heavy (non-hydrogen) atoms. The van der Waals surface area contributed by atoms with Crippen LogP contribution in [0, 0.1) is 5.92 Å². The van der Waals surface area contributed by atoms with Crippen LogP contribution in [0.15, 0.2) is 6.07 Å². The fourth-order valence-corrected chi connectivity index (χ4v) is 2.32. The molecule has 0 aliphatic heterocycles. The average molecular weight is 217 g/mol. The molecule has 0 bridgehead atoms. The predicted octanol–water partition coefficient (Wildman–Crippen LogP) is 0.708.